The second-order valence-corrected chi connectivity index (χ2v) is 4.09. The van der Waals surface area contributed by atoms with Gasteiger partial charge in [0.15, 0.2) is 0 Å². The number of halogens is 3. The minimum absolute atomic E-state index is 0.420. The van der Waals surface area contributed by atoms with Crippen LogP contribution in [-0.4, -0.2) is 31.2 Å². The zero-order chi connectivity index (χ0) is 12.2. The summed E-state index contributed by atoms with van der Waals surface area (Å²) in [5.74, 6) is 0. The van der Waals surface area contributed by atoms with E-state index in [1.54, 1.807) is 0 Å². The SMILES string of the molecule is Cc1cccc(CCN(C)CC(F)(F)F)c1. The summed E-state index contributed by atoms with van der Waals surface area (Å²) < 4.78 is 36.2. The van der Waals surface area contributed by atoms with Gasteiger partial charge in [0.05, 0.1) is 6.54 Å². The Morgan fingerprint density at radius 2 is 1.94 bits per heavy atom. The molecule has 90 valence electrons. The first-order valence-electron chi connectivity index (χ1n) is 5.18. The van der Waals surface area contributed by atoms with Crippen molar-refractivity contribution in [1.29, 1.82) is 0 Å². The molecule has 0 spiro atoms. The number of alkyl halides is 3. The number of rotatable bonds is 4. The fourth-order valence-corrected chi connectivity index (χ4v) is 1.57. The average Bonchev–Trinajstić information content (AvgIpc) is 2.12. The van der Waals surface area contributed by atoms with Gasteiger partial charge in [0, 0.05) is 6.54 Å². The lowest BCUT2D eigenvalue weighted by atomic mass is 10.1. The van der Waals surface area contributed by atoms with Crippen LogP contribution in [0.5, 0.6) is 0 Å². The molecule has 1 nitrogen and oxygen atoms in total. The van der Waals surface area contributed by atoms with Crippen molar-refractivity contribution in [3.8, 4) is 0 Å². The highest BCUT2D eigenvalue weighted by molar-refractivity contribution is 5.22. The lowest BCUT2D eigenvalue weighted by Gasteiger charge is -2.18. The minimum atomic E-state index is -4.11. The van der Waals surface area contributed by atoms with Gasteiger partial charge in [0.2, 0.25) is 0 Å². The molecule has 0 aliphatic heterocycles. The molecule has 1 rings (SSSR count). The van der Waals surface area contributed by atoms with Crippen LogP contribution in [0.4, 0.5) is 13.2 Å². The molecule has 1 aromatic rings. The largest absolute Gasteiger partial charge is 0.401 e. The second kappa shape index (κ2) is 5.34. The van der Waals surface area contributed by atoms with Crippen LogP contribution in [-0.2, 0) is 6.42 Å². The summed E-state index contributed by atoms with van der Waals surface area (Å²) in [5, 5.41) is 0. The zero-order valence-corrected chi connectivity index (χ0v) is 9.51. The van der Waals surface area contributed by atoms with Gasteiger partial charge in [0.1, 0.15) is 0 Å². The van der Waals surface area contributed by atoms with Crippen molar-refractivity contribution in [1.82, 2.24) is 4.90 Å². The molecule has 0 bridgehead atoms. The number of hydrogen-bond donors (Lipinski definition) is 0. The van der Waals surface area contributed by atoms with E-state index in [2.05, 4.69) is 0 Å². The van der Waals surface area contributed by atoms with Gasteiger partial charge in [0.25, 0.3) is 0 Å². The summed E-state index contributed by atoms with van der Waals surface area (Å²) in [6.07, 6.45) is -3.46. The van der Waals surface area contributed by atoms with Gasteiger partial charge < -0.3 is 0 Å². The Morgan fingerprint density at radius 1 is 1.25 bits per heavy atom. The number of nitrogens with zero attached hydrogens (tertiary/aromatic N) is 1. The molecule has 0 N–H and O–H groups in total. The Hall–Kier alpha value is -1.03. The van der Waals surface area contributed by atoms with Gasteiger partial charge in [-0.1, -0.05) is 29.8 Å². The zero-order valence-electron chi connectivity index (χ0n) is 9.51. The number of hydrogen-bond acceptors (Lipinski definition) is 1. The van der Waals surface area contributed by atoms with E-state index in [4.69, 9.17) is 0 Å². The molecule has 4 heteroatoms. The van der Waals surface area contributed by atoms with Crippen molar-refractivity contribution in [3.05, 3.63) is 35.4 Å². The highest BCUT2D eigenvalue weighted by atomic mass is 19.4. The Morgan fingerprint density at radius 3 is 2.50 bits per heavy atom. The van der Waals surface area contributed by atoms with Gasteiger partial charge in [-0.2, -0.15) is 13.2 Å². The number of likely N-dealkylation sites (N-methyl/N-ethyl adjacent to an activating group) is 1. The van der Waals surface area contributed by atoms with Crippen LogP contribution in [0, 0.1) is 6.92 Å². The maximum atomic E-state index is 12.1. The van der Waals surface area contributed by atoms with Crippen LogP contribution >= 0.6 is 0 Å². The first kappa shape index (κ1) is 13.0. The van der Waals surface area contributed by atoms with Crippen molar-refractivity contribution in [2.75, 3.05) is 20.1 Å². The molecule has 0 aliphatic carbocycles. The molecule has 0 amide bonds. The van der Waals surface area contributed by atoms with E-state index >= 15 is 0 Å². The third-order valence-corrected chi connectivity index (χ3v) is 2.31. The van der Waals surface area contributed by atoms with Crippen molar-refractivity contribution < 1.29 is 13.2 Å². The maximum Gasteiger partial charge on any atom is 0.401 e. The molecule has 1 aromatic carbocycles. The van der Waals surface area contributed by atoms with E-state index in [1.165, 1.54) is 11.9 Å². The Kier molecular flexibility index (Phi) is 4.35. The molecule has 0 heterocycles. The maximum absolute atomic E-state index is 12.1. The summed E-state index contributed by atoms with van der Waals surface area (Å²) in [7, 11) is 1.49. The lowest BCUT2D eigenvalue weighted by molar-refractivity contribution is -0.142. The van der Waals surface area contributed by atoms with Crippen LogP contribution in [0.25, 0.3) is 0 Å². The highest BCUT2D eigenvalue weighted by Gasteiger charge is 2.28. The van der Waals surface area contributed by atoms with Crippen LogP contribution in [0.1, 0.15) is 11.1 Å². The molecule has 0 aliphatic rings. The standard InChI is InChI=1S/C12H16F3N/c1-10-4-3-5-11(8-10)6-7-16(2)9-12(13,14)15/h3-5,8H,6-7,9H2,1-2H3. The minimum Gasteiger partial charge on any atom is -0.298 e. The summed E-state index contributed by atoms with van der Waals surface area (Å²) >= 11 is 0. The first-order chi connectivity index (χ1) is 7.37. The monoisotopic (exact) mass is 231 g/mol. The van der Waals surface area contributed by atoms with Crippen molar-refractivity contribution >= 4 is 0 Å². The Bertz CT molecular complexity index is 333. The van der Waals surface area contributed by atoms with Crippen molar-refractivity contribution in [2.45, 2.75) is 19.5 Å². The molecule has 0 saturated heterocycles. The van der Waals surface area contributed by atoms with Gasteiger partial charge in [-0.05, 0) is 26.0 Å². The molecular weight excluding hydrogens is 215 g/mol. The molecular formula is C12H16F3N. The molecule has 16 heavy (non-hydrogen) atoms. The lowest BCUT2D eigenvalue weighted by Crippen LogP contribution is -2.32. The quantitative estimate of drug-likeness (QED) is 0.770. The highest BCUT2D eigenvalue weighted by Crippen LogP contribution is 2.15. The van der Waals surface area contributed by atoms with Crippen LogP contribution < -0.4 is 0 Å². The van der Waals surface area contributed by atoms with E-state index in [0.29, 0.717) is 13.0 Å². The van der Waals surface area contributed by atoms with Crippen LogP contribution in [0.3, 0.4) is 0 Å². The second-order valence-electron chi connectivity index (χ2n) is 4.09. The normalized spacial score (nSPS) is 12.1. The van der Waals surface area contributed by atoms with Crippen LogP contribution in [0.2, 0.25) is 0 Å². The van der Waals surface area contributed by atoms with Gasteiger partial charge in [-0.25, -0.2) is 0 Å². The van der Waals surface area contributed by atoms with E-state index in [1.807, 2.05) is 31.2 Å². The van der Waals surface area contributed by atoms with Crippen molar-refractivity contribution in [3.63, 3.8) is 0 Å². The molecule has 0 fully saturated rings. The molecule has 0 atom stereocenters. The summed E-state index contributed by atoms with van der Waals surface area (Å²) in [6, 6.07) is 7.84. The van der Waals surface area contributed by atoms with Gasteiger partial charge >= 0.3 is 6.18 Å². The smallest absolute Gasteiger partial charge is 0.298 e. The summed E-state index contributed by atoms with van der Waals surface area (Å²) in [5.41, 5.74) is 2.21. The number of benzene rings is 1. The fraction of sp³-hybridized carbons (Fsp3) is 0.500. The number of aryl methyl sites for hydroxylation is 1. The third kappa shape index (κ3) is 5.16. The van der Waals surface area contributed by atoms with E-state index in [9.17, 15) is 13.2 Å². The summed E-state index contributed by atoms with van der Waals surface area (Å²) in [6.45, 7) is 1.55. The first-order valence-corrected chi connectivity index (χ1v) is 5.18. The average molecular weight is 231 g/mol. The Labute approximate surface area is 93.9 Å². The van der Waals surface area contributed by atoms with E-state index in [-0.39, 0.29) is 0 Å². The summed E-state index contributed by atoms with van der Waals surface area (Å²) in [4.78, 5) is 1.29. The predicted molar refractivity (Wildman–Crippen MR) is 58.4 cm³/mol. The topological polar surface area (TPSA) is 3.24 Å². The van der Waals surface area contributed by atoms with Crippen molar-refractivity contribution in [2.24, 2.45) is 0 Å². The van der Waals surface area contributed by atoms with Gasteiger partial charge in [-0.3, -0.25) is 4.90 Å². The third-order valence-electron chi connectivity index (χ3n) is 2.31. The van der Waals surface area contributed by atoms with Gasteiger partial charge in [-0.15, -0.1) is 0 Å². The fourth-order valence-electron chi connectivity index (χ4n) is 1.57. The molecule has 0 radical (unpaired) electrons. The van der Waals surface area contributed by atoms with E-state index in [0.717, 1.165) is 11.1 Å². The molecule has 0 aromatic heterocycles. The predicted octanol–water partition coefficient (Wildman–Crippen LogP) is 3.03. The van der Waals surface area contributed by atoms with Crippen LogP contribution in [0.15, 0.2) is 24.3 Å². The molecule has 0 saturated carbocycles. The molecule has 0 unspecified atom stereocenters. The van der Waals surface area contributed by atoms with E-state index < -0.39 is 12.7 Å². The Balaban J connectivity index is 2.40.